The highest BCUT2D eigenvalue weighted by atomic mass is 15.2. The van der Waals surface area contributed by atoms with Crippen LogP contribution in [-0.2, 0) is 0 Å². The van der Waals surface area contributed by atoms with Gasteiger partial charge in [-0.2, -0.15) is 0 Å². The van der Waals surface area contributed by atoms with Crippen molar-refractivity contribution in [3.63, 3.8) is 0 Å². The van der Waals surface area contributed by atoms with Crippen molar-refractivity contribution in [1.29, 1.82) is 0 Å². The van der Waals surface area contributed by atoms with Gasteiger partial charge in [0.05, 0.1) is 5.54 Å². The number of benzene rings is 1. The van der Waals surface area contributed by atoms with Crippen LogP contribution in [0.15, 0.2) is 24.3 Å². The molecular weight excluding hydrogens is 244 g/mol. The van der Waals surface area contributed by atoms with Gasteiger partial charge in [-0.15, -0.1) is 0 Å². The summed E-state index contributed by atoms with van der Waals surface area (Å²) in [7, 11) is 0. The molecule has 2 rings (SSSR count). The Morgan fingerprint density at radius 3 is 2.65 bits per heavy atom. The quantitative estimate of drug-likeness (QED) is 0.900. The summed E-state index contributed by atoms with van der Waals surface area (Å²) in [6, 6.07) is 8.86. The molecule has 3 atom stereocenters. The van der Waals surface area contributed by atoms with E-state index >= 15 is 0 Å². The number of hydrogen-bond acceptors (Lipinski definition) is 2. The van der Waals surface area contributed by atoms with Gasteiger partial charge in [0.15, 0.2) is 0 Å². The summed E-state index contributed by atoms with van der Waals surface area (Å²) in [5.41, 5.74) is 9.08. The molecule has 0 bridgehead atoms. The zero-order valence-electron chi connectivity index (χ0n) is 13.5. The number of aryl methyl sites for hydroxylation is 1. The molecule has 0 heterocycles. The highest BCUT2D eigenvalue weighted by Gasteiger charge is 2.43. The van der Waals surface area contributed by atoms with Gasteiger partial charge in [0, 0.05) is 18.8 Å². The summed E-state index contributed by atoms with van der Waals surface area (Å²) in [6.07, 6.45) is 3.80. The lowest BCUT2D eigenvalue weighted by Crippen LogP contribution is -2.60. The van der Waals surface area contributed by atoms with E-state index in [1.807, 2.05) is 0 Å². The zero-order chi connectivity index (χ0) is 14.8. The van der Waals surface area contributed by atoms with Gasteiger partial charge in [-0.05, 0) is 62.6 Å². The van der Waals surface area contributed by atoms with Gasteiger partial charge in [0.1, 0.15) is 0 Å². The Balaban J connectivity index is 2.37. The van der Waals surface area contributed by atoms with E-state index in [9.17, 15) is 0 Å². The van der Waals surface area contributed by atoms with Crippen molar-refractivity contribution in [2.24, 2.45) is 17.6 Å². The summed E-state index contributed by atoms with van der Waals surface area (Å²) in [4.78, 5) is 2.57. The number of rotatable bonds is 4. The first-order chi connectivity index (χ1) is 9.53. The lowest BCUT2D eigenvalue weighted by Gasteiger charge is -2.52. The van der Waals surface area contributed by atoms with E-state index in [-0.39, 0.29) is 5.54 Å². The Kier molecular flexibility index (Phi) is 4.74. The fourth-order valence-corrected chi connectivity index (χ4v) is 4.05. The minimum Gasteiger partial charge on any atom is -0.365 e. The fraction of sp³-hybridized carbons (Fsp3) is 0.667. The molecule has 1 fully saturated rings. The third-order valence-corrected chi connectivity index (χ3v) is 5.26. The lowest BCUT2D eigenvalue weighted by atomic mass is 9.68. The van der Waals surface area contributed by atoms with Crippen LogP contribution in [0.1, 0.15) is 45.6 Å². The molecule has 1 aliphatic carbocycles. The van der Waals surface area contributed by atoms with Gasteiger partial charge >= 0.3 is 0 Å². The van der Waals surface area contributed by atoms with E-state index in [2.05, 4.69) is 56.9 Å². The lowest BCUT2D eigenvalue weighted by molar-refractivity contribution is 0.160. The molecule has 20 heavy (non-hydrogen) atoms. The molecule has 0 amide bonds. The monoisotopic (exact) mass is 274 g/mol. The molecular formula is C18H30N2. The summed E-state index contributed by atoms with van der Waals surface area (Å²) >= 11 is 0. The highest BCUT2D eigenvalue weighted by molar-refractivity contribution is 5.51. The maximum atomic E-state index is 6.28. The van der Waals surface area contributed by atoms with E-state index in [1.54, 1.807) is 0 Å². The van der Waals surface area contributed by atoms with Gasteiger partial charge in [-0.1, -0.05) is 26.0 Å². The van der Waals surface area contributed by atoms with Crippen LogP contribution < -0.4 is 10.6 Å². The van der Waals surface area contributed by atoms with Gasteiger partial charge in [-0.25, -0.2) is 0 Å². The van der Waals surface area contributed by atoms with Crippen molar-refractivity contribution in [3.05, 3.63) is 29.8 Å². The summed E-state index contributed by atoms with van der Waals surface area (Å²) in [5, 5.41) is 0. The van der Waals surface area contributed by atoms with Crippen LogP contribution in [-0.4, -0.2) is 18.6 Å². The molecule has 0 saturated heterocycles. The Bertz CT molecular complexity index is 443. The normalized spacial score (nSPS) is 30.2. The summed E-state index contributed by atoms with van der Waals surface area (Å²) < 4.78 is 0. The second-order valence-electron chi connectivity index (χ2n) is 6.67. The average Bonchev–Trinajstić information content (AvgIpc) is 2.42. The van der Waals surface area contributed by atoms with Crippen LogP contribution in [0.25, 0.3) is 0 Å². The Labute approximate surface area is 124 Å². The molecule has 1 saturated carbocycles. The SMILES string of the molecule is CCN(c1cccc(C)c1)C1(CN)CCC(C)CC1C. The molecule has 0 spiro atoms. The molecule has 3 unspecified atom stereocenters. The Morgan fingerprint density at radius 1 is 1.35 bits per heavy atom. The van der Waals surface area contributed by atoms with Crippen LogP contribution in [0.5, 0.6) is 0 Å². The van der Waals surface area contributed by atoms with Gasteiger partial charge in [0.2, 0.25) is 0 Å². The molecule has 1 aromatic carbocycles. The van der Waals surface area contributed by atoms with Crippen LogP contribution in [0.3, 0.4) is 0 Å². The van der Waals surface area contributed by atoms with E-state index in [1.165, 1.54) is 30.5 Å². The number of nitrogens with zero attached hydrogens (tertiary/aromatic N) is 1. The fourth-order valence-electron chi connectivity index (χ4n) is 4.05. The number of likely N-dealkylation sites (N-methyl/N-ethyl adjacent to an activating group) is 1. The largest absolute Gasteiger partial charge is 0.365 e. The van der Waals surface area contributed by atoms with Gasteiger partial charge in [-0.3, -0.25) is 0 Å². The molecule has 0 aromatic heterocycles. The van der Waals surface area contributed by atoms with Gasteiger partial charge in [0.25, 0.3) is 0 Å². The van der Waals surface area contributed by atoms with Gasteiger partial charge < -0.3 is 10.6 Å². The van der Waals surface area contributed by atoms with E-state index in [0.717, 1.165) is 19.0 Å². The first-order valence-corrected chi connectivity index (χ1v) is 8.08. The van der Waals surface area contributed by atoms with Crippen molar-refractivity contribution in [1.82, 2.24) is 0 Å². The van der Waals surface area contributed by atoms with Crippen molar-refractivity contribution < 1.29 is 0 Å². The number of hydrogen-bond donors (Lipinski definition) is 1. The predicted octanol–water partition coefficient (Wildman–Crippen LogP) is 3.97. The van der Waals surface area contributed by atoms with Crippen LogP contribution in [0, 0.1) is 18.8 Å². The second kappa shape index (κ2) is 6.17. The van der Waals surface area contributed by atoms with E-state index in [0.29, 0.717) is 5.92 Å². The highest BCUT2D eigenvalue weighted by Crippen LogP contribution is 2.42. The van der Waals surface area contributed by atoms with Crippen LogP contribution in [0.4, 0.5) is 5.69 Å². The molecule has 0 radical (unpaired) electrons. The minimum absolute atomic E-state index is 0.134. The molecule has 2 heteroatoms. The average molecular weight is 274 g/mol. The molecule has 0 aliphatic heterocycles. The standard InChI is InChI=1S/C18H30N2/c1-5-20(17-8-6-7-14(2)12-17)18(13-19)10-9-15(3)11-16(18)4/h6-8,12,15-16H,5,9-11,13,19H2,1-4H3. The van der Waals surface area contributed by atoms with E-state index in [4.69, 9.17) is 5.73 Å². The summed E-state index contributed by atoms with van der Waals surface area (Å²) in [5.74, 6) is 1.48. The van der Waals surface area contributed by atoms with Crippen molar-refractivity contribution >= 4 is 5.69 Å². The van der Waals surface area contributed by atoms with Crippen molar-refractivity contribution in [2.75, 3.05) is 18.0 Å². The predicted molar refractivity (Wildman–Crippen MR) is 88.2 cm³/mol. The molecule has 112 valence electrons. The van der Waals surface area contributed by atoms with Crippen LogP contribution >= 0.6 is 0 Å². The maximum Gasteiger partial charge on any atom is 0.0549 e. The number of anilines is 1. The number of nitrogens with two attached hydrogens (primary N) is 1. The first kappa shape index (κ1) is 15.4. The molecule has 1 aliphatic rings. The van der Waals surface area contributed by atoms with E-state index < -0.39 is 0 Å². The Hall–Kier alpha value is -1.02. The topological polar surface area (TPSA) is 29.3 Å². The third kappa shape index (κ3) is 2.71. The van der Waals surface area contributed by atoms with Crippen LogP contribution in [0.2, 0.25) is 0 Å². The summed E-state index contributed by atoms with van der Waals surface area (Å²) in [6.45, 7) is 11.0. The molecule has 2 nitrogen and oxygen atoms in total. The second-order valence-corrected chi connectivity index (χ2v) is 6.67. The first-order valence-electron chi connectivity index (χ1n) is 8.08. The maximum absolute atomic E-state index is 6.28. The third-order valence-electron chi connectivity index (χ3n) is 5.26. The van der Waals surface area contributed by atoms with Crippen molar-refractivity contribution in [2.45, 2.75) is 52.5 Å². The zero-order valence-corrected chi connectivity index (χ0v) is 13.5. The minimum atomic E-state index is 0.134. The van der Waals surface area contributed by atoms with Crippen molar-refractivity contribution in [3.8, 4) is 0 Å². The molecule has 2 N–H and O–H groups in total. The smallest absolute Gasteiger partial charge is 0.0549 e. The Morgan fingerprint density at radius 2 is 2.10 bits per heavy atom. The molecule has 1 aromatic rings.